The first-order valence-corrected chi connectivity index (χ1v) is 6.41. The molecule has 0 fully saturated rings. The van der Waals surface area contributed by atoms with E-state index in [1.54, 1.807) is 12.1 Å². The number of nitrogens with zero attached hydrogens (tertiary/aromatic N) is 1. The normalized spacial score (nSPS) is 10.9. The van der Waals surface area contributed by atoms with E-state index in [1.807, 2.05) is 37.4 Å². The predicted molar refractivity (Wildman–Crippen MR) is 77.3 cm³/mol. The fraction of sp³-hybridized carbons (Fsp3) is 0.250. The van der Waals surface area contributed by atoms with E-state index in [0.29, 0.717) is 0 Å². The second-order valence-electron chi connectivity index (χ2n) is 4.82. The van der Waals surface area contributed by atoms with E-state index in [2.05, 4.69) is 4.90 Å². The molecule has 2 aromatic rings. The number of anilines is 1. The van der Waals surface area contributed by atoms with Gasteiger partial charge in [0.1, 0.15) is 5.82 Å². The molecule has 0 amide bonds. The Hall–Kier alpha value is -1.87. The minimum absolute atomic E-state index is 0.182. The number of halogens is 1. The Bertz CT molecular complexity index is 540. The van der Waals surface area contributed by atoms with Crippen molar-refractivity contribution in [1.82, 2.24) is 4.90 Å². The van der Waals surface area contributed by atoms with Crippen molar-refractivity contribution in [2.24, 2.45) is 0 Å². The Kier molecular flexibility index (Phi) is 4.53. The number of likely N-dealkylation sites (N-methyl/N-ethyl adjacent to an activating group) is 1. The van der Waals surface area contributed by atoms with Crippen LogP contribution in [0.4, 0.5) is 10.1 Å². The van der Waals surface area contributed by atoms with E-state index in [4.69, 9.17) is 5.73 Å². The molecule has 0 spiro atoms. The highest BCUT2D eigenvalue weighted by molar-refractivity contribution is 5.46. The molecule has 2 nitrogen and oxygen atoms in total. The molecule has 0 atom stereocenters. The van der Waals surface area contributed by atoms with Gasteiger partial charge < -0.3 is 10.6 Å². The van der Waals surface area contributed by atoms with Crippen LogP contribution < -0.4 is 5.73 Å². The molecular formula is C16H19FN2. The van der Waals surface area contributed by atoms with Gasteiger partial charge in [-0.2, -0.15) is 0 Å². The molecule has 0 aliphatic rings. The summed E-state index contributed by atoms with van der Waals surface area (Å²) in [5, 5.41) is 0. The summed E-state index contributed by atoms with van der Waals surface area (Å²) in [6.07, 6.45) is 0.901. The number of hydrogen-bond acceptors (Lipinski definition) is 2. The van der Waals surface area contributed by atoms with Gasteiger partial charge in [0.2, 0.25) is 0 Å². The van der Waals surface area contributed by atoms with Gasteiger partial charge in [-0.3, -0.25) is 0 Å². The lowest BCUT2D eigenvalue weighted by Gasteiger charge is -2.17. The summed E-state index contributed by atoms with van der Waals surface area (Å²) < 4.78 is 13.1. The molecule has 0 aliphatic carbocycles. The Balaban J connectivity index is 1.88. The largest absolute Gasteiger partial charge is 0.399 e. The van der Waals surface area contributed by atoms with E-state index in [0.717, 1.165) is 36.3 Å². The molecule has 0 unspecified atom stereocenters. The zero-order valence-electron chi connectivity index (χ0n) is 11.1. The first-order chi connectivity index (χ1) is 9.15. The van der Waals surface area contributed by atoms with Crippen molar-refractivity contribution in [1.29, 1.82) is 0 Å². The Morgan fingerprint density at radius 1 is 1.11 bits per heavy atom. The molecule has 0 heterocycles. The van der Waals surface area contributed by atoms with Crippen molar-refractivity contribution in [3.63, 3.8) is 0 Å². The maximum atomic E-state index is 13.1. The standard InChI is InChI=1S/C16H19FN2/c1-19(12-13-5-4-7-15(17)11-13)10-9-14-6-2-3-8-16(14)18/h2-8,11H,9-10,12,18H2,1H3. The van der Waals surface area contributed by atoms with Crippen LogP contribution in [0.2, 0.25) is 0 Å². The van der Waals surface area contributed by atoms with Crippen molar-refractivity contribution in [2.45, 2.75) is 13.0 Å². The lowest BCUT2D eigenvalue weighted by molar-refractivity contribution is 0.331. The first-order valence-electron chi connectivity index (χ1n) is 6.41. The van der Waals surface area contributed by atoms with E-state index >= 15 is 0 Å². The van der Waals surface area contributed by atoms with Gasteiger partial charge in [-0.1, -0.05) is 30.3 Å². The maximum Gasteiger partial charge on any atom is 0.123 e. The quantitative estimate of drug-likeness (QED) is 0.835. The minimum Gasteiger partial charge on any atom is -0.399 e. The van der Waals surface area contributed by atoms with Crippen LogP contribution in [0.15, 0.2) is 48.5 Å². The highest BCUT2D eigenvalue weighted by Gasteiger charge is 2.03. The number of benzene rings is 2. The van der Waals surface area contributed by atoms with Gasteiger partial charge in [0.05, 0.1) is 0 Å². The lowest BCUT2D eigenvalue weighted by Crippen LogP contribution is -2.21. The third-order valence-electron chi connectivity index (χ3n) is 3.16. The Morgan fingerprint density at radius 3 is 2.63 bits per heavy atom. The van der Waals surface area contributed by atoms with Crippen molar-refractivity contribution < 1.29 is 4.39 Å². The van der Waals surface area contributed by atoms with Crippen LogP contribution in [-0.4, -0.2) is 18.5 Å². The fourth-order valence-corrected chi connectivity index (χ4v) is 2.10. The third-order valence-corrected chi connectivity index (χ3v) is 3.16. The van der Waals surface area contributed by atoms with E-state index in [-0.39, 0.29) is 5.82 Å². The number of nitrogens with two attached hydrogens (primary N) is 1. The third kappa shape index (κ3) is 4.07. The molecule has 0 aromatic heterocycles. The van der Waals surface area contributed by atoms with Gasteiger partial charge in [-0.05, 0) is 42.8 Å². The summed E-state index contributed by atoms with van der Waals surface area (Å²) in [5.41, 5.74) is 8.90. The van der Waals surface area contributed by atoms with Crippen LogP contribution in [-0.2, 0) is 13.0 Å². The maximum absolute atomic E-state index is 13.1. The smallest absolute Gasteiger partial charge is 0.123 e. The van der Waals surface area contributed by atoms with Gasteiger partial charge in [-0.15, -0.1) is 0 Å². The van der Waals surface area contributed by atoms with Crippen LogP contribution in [0.25, 0.3) is 0 Å². The summed E-state index contributed by atoms with van der Waals surface area (Å²) in [5.74, 6) is -0.182. The first kappa shape index (κ1) is 13.6. The monoisotopic (exact) mass is 258 g/mol. The molecule has 100 valence electrons. The number of para-hydroxylation sites is 1. The average Bonchev–Trinajstić information content (AvgIpc) is 2.38. The molecule has 2 N–H and O–H groups in total. The number of hydrogen-bond donors (Lipinski definition) is 1. The topological polar surface area (TPSA) is 29.3 Å². The van der Waals surface area contributed by atoms with Crippen LogP contribution in [0.5, 0.6) is 0 Å². The van der Waals surface area contributed by atoms with Gasteiger partial charge in [0.25, 0.3) is 0 Å². The minimum atomic E-state index is -0.182. The highest BCUT2D eigenvalue weighted by Crippen LogP contribution is 2.12. The zero-order chi connectivity index (χ0) is 13.7. The van der Waals surface area contributed by atoms with Crippen LogP contribution in [0.1, 0.15) is 11.1 Å². The summed E-state index contributed by atoms with van der Waals surface area (Å²) >= 11 is 0. The van der Waals surface area contributed by atoms with Crippen molar-refractivity contribution in [3.8, 4) is 0 Å². The summed E-state index contributed by atoms with van der Waals surface area (Å²) in [6.45, 7) is 1.63. The lowest BCUT2D eigenvalue weighted by atomic mass is 10.1. The average molecular weight is 258 g/mol. The molecule has 0 saturated carbocycles. The summed E-state index contributed by atoms with van der Waals surface area (Å²) in [7, 11) is 2.03. The van der Waals surface area contributed by atoms with Crippen molar-refractivity contribution in [2.75, 3.05) is 19.3 Å². The predicted octanol–water partition coefficient (Wildman–Crippen LogP) is 3.08. The Morgan fingerprint density at radius 2 is 1.89 bits per heavy atom. The zero-order valence-corrected chi connectivity index (χ0v) is 11.1. The molecule has 19 heavy (non-hydrogen) atoms. The highest BCUT2D eigenvalue weighted by atomic mass is 19.1. The molecule has 2 rings (SSSR count). The van der Waals surface area contributed by atoms with Gasteiger partial charge in [0, 0.05) is 18.8 Å². The molecular weight excluding hydrogens is 239 g/mol. The van der Waals surface area contributed by atoms with Gasteiger partial charge in [0.15, 0.2) is 0 Å². The second-order valence-corrected chi connectivity index (χ2v) is 4.82. The van der Waals surface area contributed by atoms with Gasteiger partial charge in [-0.25, -0.2) is 4.39 Å². The number of rotatable bonds is 5. The SMILES string of the molecule is CN(CCc1ccccc1N)Cc1cccc(F)c1. The molecule has 0 saturated heterocycles. The van der Waals surface area contributed by atoms with E-state index in [9.17, 15) is 4.39 Å². The van der Waals surface area contributed by atoms with Gasteiger partial charge >= 0.3 is 0 Å². The van der Waals surface area contributed by atoms with E-state index < -0.39 is 0 Å². The van der Waals surface area contributed by atoms with Crippen LogP contribution >= 0.6 is 0 Å². The van der Waals surface area contributed by atoms with Crippen molar-refractivity contribution >= 4 is 5.69 Å². The summed E-state index contributed by atoms with van der Waals surface area (Å²) in [4.78, 5) is 2.17. The molecule has 0 bridgehead atoms. The molecule has 0 aliphatic heterocycles. The van der Waals surface area contributed by atoms with Crippen molar-refractivity contribution in [3.05, 3.63) is 65.5 Å². The van der Waals surface area contributed by atoms with E-state index in [1.165, 1.54) is 6.07 Å². The molecule has 0 radical (unpaired) electrons. The van der Waals surface area contributed by atoms with Crippen LogP contribution in [0, 0.1) is 5.82 Å². The Labute approximate surface area is 113 Å². The fourth-order valence-electron chi connectivity index (χ4n) is 2.10. The summed E-state index contributed by atoms with van der Waals surface area (Å²) in [6, 6.07) is 14.6. The second kappa shape index (κ2) is 6.34. The number of nitrogen functional groups attached to an aromatic ring is 1. The molecule has 2 aromatic carbocycles. The van der Waals surface area contributed by atoms with Crippen LogP contribution in [0.3, 0.4) is 0 Å². The molecule has 3 heteroatoms.